The molecule has 168 valence electrons. The first-order chi connectivity index (χ1) is 16.2. The van der Waals surface area contributed by atoms with Crippen molar-refractivity contribution in [2.24, 2.45) is 4.99 Å². The highest BCUT2D eigenvalue weighted by molar-refractivity contribution is 7.99. The zero-order valence-electron chi connectivity index (χ0n) is 19.0. The molecule has 0 aromatic heterocycles. The van der Waals surface area contributed by atoms with Gasteiger partial charge in [-0.15, -0.1) is 0 Å². The van der Waals surface area contributed by atoms with E-state index in [2.05, 4.69) is 53.5 Å². The van der Waals surface area contributed by atoms with Crippen LogP contribution in [0.3, 0.4) is 0 Å². The molecule has 1 fully saturated rings. The third kappa shape index (κ3) is 4.83. The van der Waals surface area contributed by atoms with Crippen molar-refractivity contribution in [3.05, 3.63) is 89.5 Å². The van der Waals surface area contributed by atoms with Crippen LogP contribution in [0.1, 0.15) is 53.6 Å². The van der Waals surface area contributed by atoms with Crippen molar-refractivity contribution >= 4 is 29.2 Å². The standard InChI is InChI=1S/C28H29N3OS/c1-20(21-10-4-2-5-11-21)19-29-28(32)22-14-15-26-24(18-22)30-27(31-16-8-3-9-17-31)23-12-6-7-13-25(23)33-26/h2,4-7,10-15,18,20H,3,8-9,16-17,19H2,1H3,(H,29,32). The average Bonchev–Trinajstić information content (AvgIpc) is 3.04. The van der Waals surface area contributed by atoms with E-state index < -0.39 is 0 Å². The summed E-state index contributed by atoms with van der Waals surface area (Å²) in [4.78, 5) is 22.8. The Labute approximate surface area is 200 Å². The van der Waals surface area contributed by atoms with Gasteiger partial charge >= 0.3 is 0 Å². The van der Waals surface area contributed by atoms with Crippen LogP contribution in [0.5, 0.6) is 0 Å². The number of carbonyl (C=O) groups is 1. The molecule has 1 saturated heterocycles. The number of hydrogen-bond donors (Lipinski definition) is 1. The van der Waals surface area contributed by atoms with E-state index in [1.165, 1.54) is 35.3 Å². The van der Waals surface area contributed by atoms with Crippen molar-refractivity contribution in [1.82, 2.24) is 10.2 Å². The Kier molecular flexibility index (Phi) is 6.49. The fraction of sp³-hybridized carbons (Fsp3) is 0.286. The van der Waals surface area contributed by atoms with Gasteiger partial charge in [0, 0.05) is 40.6 Å². The quantitative estimate of drug-likeness (QED) is 0.506. The monoisotopic (exact) mass is 455 g/mol. The van der Waals surface area contributed by atoms with Gasteiger partial charge in [0.15, 0.2) is 0 Å². The maximum absolute atomic E-state index is 13.0. The highest BCUT2D eigenvalue weighted by Crippen LogP contribution is 2.41. The van der Waals surface area contributed by atoms with Gasteiger partial charge in [-0.25, -0.2) is 4.99 Å². The summed E-state index contributed by atoms with van der Waals surface area (Å²) in [6.07, 6.45) is 3.68. The molecule has 2 aliphatic heterocycles. The number of benzene rings is 3. The van der Waals surface area contributed by atoms with Crippen LogP contribution in [0, 0.1) is 0 Å². The molecule has 2 aliphatic rings. The van der Waals surface area contributed by atoms with Crippen LogP contribution in [-0.2, 0) is 0 Å². The Morgan fingerprint density at radius 3 is 2.55 bits per heavy atom. The smallest absolute Gasteiger partial charge is 0.251 e. The van der Waals surface area contributed by atoms with Gasteiger partial charge in [-0.1, -0.05) is 67.2 Å². The lowest BCUT2D eigenvalue weighted by Crippen LogP contribution is -2.36. The van der Waals surface area contributed by atoms with Gasteiger partial charge in [0.05, 0.1) is 5.69 Å². The molecular weight excluding hydrogens is 426 g/mol. The van der Waals surface area contributed by atoms with E-state index in [-0.39, 0.29) is 11.8 Å². The molecule has 0 radical (unpaired) electrons. The maximum atomic E-state index is 13.0. The molecule has 1 N–H and O–H groups in total. The van der Waals surface area contributed by atoms with Crippen LogP contribution in [0.25, 0.3) is 0 Å². The summed E-state index contributed by atoms with van der Waals surface area (Å²) in [5.74, 6) is 1.23. The minimum Gasteiger partial charge on any atom is -0.356 e. The van der Waals surface area contributed by atoms with Crippen molar-refractivity contribution in [2.45, 2.75) is 41.9 Å². The Morgan fingerprint density at radius 2 is 1.73 bits per heavy atom. The predicted octanol–water partition coefficient (Wildman–Crippen LogP) is 6.25. The number of piperidine rings is 1. The molecule has 0 spiro atoms. The molecule has 4 nitrogen and oxygen atoms in total. The van der Waals surface area contributed by atoms with Crippen LogP contribution in [0.15, 0.2) is 87.6 Å². The lowest BCUT2D eigenvalue weighted by atomic mass is 10.0. The van der Waals surface area contributed by atoms with Gasteiger partial charge in [-0.05, 0) is 55.0 Å². The maximum Gasteiger partial charge on any atom is 0.251 e. The molecule has 0 aliphatic carbocycles. The highest BCUT2D eigenvalue weighted by Gasteiger charge is 2.23. The van der Waals surface area contributed by atoms with Crippen molar-refractivity contribution in [1.29, 1.82) is 0 Å². The number of amides is 1. The number of aliphatic imine (C=N–C) groups is 1. The van der Waals surface area contributed by atoms with Crippen molar-refractivity contribution in [2.75, 3.05) is 19.6 Å². The van der Waals surface area contributed by atoms with E-state index in [1.807, 2.05) is 36.4 Å². The highest BCUT2D eigenvalue weighted by atomic mass is 32.2. The Balaban J connectivity index is 1.40. The Bertz CT molecular complexity index is 1170. The first-order valence-electron chi connectivity index (χ1n) is 11.8. The number of rotatable bonds is 4. The van der Waals surface area contributed by atoms with Crippen molar-refractivity contribution in [3.8, 4) is 0 Å². The van der Waals surface area contributed by atoms with Gasteiger partial charge in [0.2, 0.25) is 0 Å². The van der Waals surface area contributed by atoms with Gasteiger partial charge in [-0.3, -0.25) is 4.79 Å². The third-order valence-corrected chi connectivity index (χ3v) is 7.53. The molecule has 3 aromatic rings. The van der Waals surface area contributed by atoms with E-state index in [0.717, 1.165) is 29.5 Å². The predicted molar refractivity (Wildman–Crippen MR) is 136 cm³/mol. The second-order valence-corrected chi connectivity index (χ2v) is 9.87. The number of fused-ring (bicyclic) bond motifs is 2. The van der Waals surface area contributed by atoms with Crippen LogP contribution in [0.4, 0.5) is 5.69 Å². The molecule has 3 aromatic carbocycles. The van der Waals surface area contributed by atoms with Gasteiger partial charge in [-0.2, -0.15) is 0 Å². The molecule has 0 saturated carbocycles. The van der Waals surface area contributed by atoms with Crippen LogP contribution in [0.2, 0.25) is 0 Å². The molecule has 5 heteroatoms. The van der Waals surface area contributed by atoms with E-state index in [0.29, 0.717) is 12.1 Å². The number of hydrogen-bond acceptors (Lipinski definition) is 4. The number of nitrogens with zero attached hydrogens (tertiary/aromatic N) is 2. The summed E-state index contributed by atoms with van der Waals surface area (Å²) in [5, 5.41) is 3.11. The Morgan fingerprint density at radius 1 is 0.970 bits per heavy atom. The average molecular weight is 456 g/mol. The summed E-state index contributed by atoms with van der Waals surface area (Å²) in [6, 6.07) is 24.7. The van der Waals surface area contributed by atoms with E-state index in [9.17, 15) is 4.79 Å². The largest absolute Gasteiger partial charge is 0.356 e. The van der Waals surface area contributed by atoms with Gasteiger partial charge in [0.25, 0.3) is 5.91 Å². The topological polar surface area (TPSA) is 44.7 Å². The van der Waals surface area contributed by atoms with Gasteiger partial charge in [0.1, 0.15) is 5.84 Å². The molecule has 1 amide bonds. The molecule has 33 heavy (non-hydrogen) atoms. The van der Waals surface area contributed by atoms with Crippen LogP contribution in [-0.4, -0.2) is 36.3 Å². The van der Waals surface area contributed by atoms with E-state index >= 15 is 0 Å². The number of amidine groups is 1. The molecule has 1 unspecified atom stereocenters. The molecule has 1 atom stereocenters. The van der Waals surface area contributed by atoms with Gasteiger partial charge < -0.3 is 10.2 Å². The fourth-order valence-corrected chi connectivity index (χ4v) is 5.46. The van der Waals surface area contributed by atoms with Crippen molar-refractivity contribution < 1.29 is 4.79 Å². The minimum absolute atomic E-state index is 0.0536. The van der Waals surface area contributed by atoms with Crippen molar-refractivity contribution in [3.63, 3.8) is 0 Å². The summed E-state index contributed by atoms with van der Waals surface area (Å²) in [5.41, 5.74) is 3.94. The van der Waals surface area contributed by atoms with E-state index in [4.69, 9.17) is 4.99 Å². The van der Waals surface area contributed by atoms with E-state index in [1.54, 1.807) is 11.8 Å². The first kappa shape index (κ1) is 21.8. The summed E-state index contributed by atoms with van der Waals surface area (Å²) < 4.78 is 0. The molecule has 2 heterocycles. The number of nitrogens with one attached hydrogen (secondary N) is 1. The number of carbonyl (C=O) groups excluding carboxylic acids is 1. The van der Waals surface area contributed by atoms with Crippen LogP contribution < -0.4 is 5.32 Å². The van der Waals surface area contributed by atoms with Crippen LogP contribution >= 0.6 is 11.8 Å². The molecule has 5 rings (SSSR count). The fourth-order valence-electron chi connectivity index (χ4n) is 4.46. The normalized spacial score (nSPS) is 16.2. The lowest BCUT2D eigenvalue weighted by Gasteiger charge is -2.30. The second-order valence-electron chi connectivity index (χ2n) is 8.79. The Hall–Kier alpha value is -3.05. The summed E-state index contributed by atoms with van der Waals surface area (Å²) in [7, 11) is 0. The third-order valence-electron chi connectivity index (χ3n) is 6.39. The lowest BCUT2D eigenvalue weighted by molar-refractivity contribution is 0.0951. The minimum atomic E-state index is -0.0536. The first-order valence-corrected chi connectivity index (χ1v) is 12.6. The zero-order valence-corrected chi connectivity index (χ0v) is 19.8. The second kappa shape index (κ2) is 9.84. The SMILES string of the molecule is CC(CNC(=O)c1ccc2c(c1)N=C(N1CCCCC1)c1ccccc1S2)c1ccccc1. The molecular formula is C28H29N3OS. The molecule has 0 bridgehead atoms. The summed E-state index contributed by atoms with van der Waals surface area (Å²) in [6.45, 7) is 4.80. The zero-order chi connectivity index (χ0) is 22.6. The number of likely N-dealkylation sites (tertiary alicyclic amines) is 1. The summed E-state index contributed by atoms with van der Waals surface area (Å²) >= 11 is 1.73.